The summed E-state index contributed by atoms with van der Waals surface area (Å²) in [5.41, 5.74) is 3.41. The second-order valence-electron chi connectivity index (χ2n) is 5.56. The van der Waals surface area contributed by atoms with Crippen molar-refractivity contribution in [1.82, 2.24) is 15.1 Å². The Kier molecular flexibility index (Phi) is 2.72. The molecule has 0 radical (unpaired) electrons. The van der Waals surface area contributed by atoms with Crippen LogP contribution in [0.25, 0.3) is 11.3 Å². The van der Waals surface area contributed by atoms with Crippen LogP contribution in [0.15, 0.2) is 18.2 Å². The van der Waals surface area contributed by atoms with Gasteiger partial charge in [0.1, 0.15) is 0 Å². The number of hydrogen-bond acceptors (Lipinski definition) is 4. The maximum atomic E-state index is 13.4. The fourth-order valence-electron chi connectivity index (χ4n) is 3.19. The van der Waals surface area contributed by atoms with Crippen LogP contribution in [0.5, 0.6) is 11.5 Å². The zero-order valence-corrected chi connectivity index (χ0v) is 12.2. The smallest absolute Gasteiger partial charge is 0.395 e. The molecule has 7 heteroatoms. The van der Waals surface area contributed by atoms with E-state index < -0.39 is 6.29 Å². The average molecular weight is 307 g/mol. The minimum absolute atomic E-state index is 0.0550. The molecular weight excluding hydrogens is 292 g/mol. The van der Waals surface area contributed by atoms with Crippen molar-refractivity contribution in [1.29, 1.82) is 0 Å². The number of rotatable bonds is 1. The number of nitrogens with zero attached hydrogens (tertiary/aromatic N) is 2. The van der Waals surface area contributed by atoms with Gasteiger partial charge in [0, 0.05) is 24.2 Å². The Hall–Kier alpha value is -2.15. The zero-order valence-electron chi connectivity index (χ0n) is 12.2. The molecule has 1 atom stereocenters. The summed E-state index contributed by atoms with van der Waals surface area (Å²) in [6.07, 6.45) is -2.82. The SMILES string of the molecule is CC1NCCc2c1nn(C)c2-c1cccc2c1OC(F)(F)O2. The molecule has 0 amide bonds. The summed E-state index contributed by atoms with van der Waals surface area (Å²) in [7, 11) is 1.81. The minimum atomic E-state index is -3.62. The van der Waals surface area contributed by atoms with E-state index in [0.717, 1.165) is 29.9 Å². The van der Waals surface area contributed by atoms with Crippen molar-refractivity contribution < 1.29 is 18.3 Å². The van der Waals surface area contributed by atoms with Gasteiger partial charge in [0.2, 0.25) is 0 Å². The molecule has 0 saturated carbocycles. The molecule has 22 heavy (non-hydrogen) atoms. The molecule has 1 aromatic carbocycles. The topological polar surface area (TPSA) is 48.3 Å². The van der Waals surface area contributed by atoms with Gasteiger partial charge in [-0.3, -0.25) is 4.68 Å². The lowest BCUT2D eigenvalue weighted by atomic mass is 9.97. The van der Waals surface area contributed by atoms with Crippen LogP contribution in [-0.2, 0) is 13.5 Å². The summed E-state index contributed by atoms with van der Waals surface area (Å²) in [5.74, 6) is 0.129. The Bertz CT molecular complexity index is 757. The van der Waals surface area contributed by atoms with Crippen LogP contribution in [0.3, 0.4) is 0 Å². The van der Waals surface area contributed by atoms with Gasteiger partial charge >= 0.3 is 6.29 Å². The normalized spacial score (nSPS) is 21.7. The van der Waals surface area contributed by atoms with Crippen molar-refractivity contribution in [3.05, 3.63) is 29.5 Å². The molecule has 1 unspecified atom stereocenters. The second-order valence-corrected chi connectivity index (χ2v) is 5.56. The lowest BCUT2D eigenvalue weighted by Crippen LogP contribution is -2.27. The molecule has 5 nitrogen and oxygen atoms in total. The molecule has 0 spiro atoms. The van der Waals surface area contributed by atoms with Crippen LogP contribution in [0.1, 0.15) is 24.2 Å². The fourth-order valence-corrected chi connectivity index (χ4v) is 3.19. The number of halogens is 2. The lowest BCUT2D eigenvalue weighted by Gasteiger charge is -2.19. The number of alkyl halides is 2. The van der Waals surface area contributed by atoms with Crippen LogP contribution in [0.2, 0.25) is 0 Å². The first-order valence-electron chi connectivity index (χ1n) is 7.14. The van der Waals surface area contributed by atoms with Crippen molar-refractivity contribution in [2.24, 2.45) is 7.05 Å². The molecule has 0 fully saturated rings. The van der Waals surface area contributed by atoms with Crippen LogP contribution >= 0.6 is 0 Å². The van der Waals surface area contributed by atoms with Crippen molar-refractivity contribution >= 4 is 0 Å². The lowest BCUT2D eigenvalue weighted by molar-refractivity contribution is -0.286. The van der Waals surface area contributed by atoms with Crippen LogP contribution in [0.4, 0.5) is 8.78 Å². The maximum Gasteiger partial charge on any atom is 0.586 e. The summed E-state index contributed by atoms with van der Waals surface area (Å²) in [5, 5.41) is 7.88. The molecular formula is C15H15F2N3O2. The van der Waals surface area contributed by atoms with E-state index in [0.29, 0.717) is 5.56 Å². The molecule has 2 aliphatic rings. The highest BCUT2D eigenvalue weighted by Crippen LogP contribution is 2.48. The summed E-state index contributed by atoms with van der Waals surface area (Å²) in [6.45, 7) is 2.87. The summed E-state index contributed by atoms with van der Waals surface area (Å²) >= 11 is 0. The predicted octanol–water partition coefficient (Wildman–Crippen LogP) is 2.62. The van der Waals surface area contributed by atoms with Gasteiger partial charge in [-0.25, -0.2) is 0 Å². The van der Waals surface area contributed by atoms with E-state index in [9.17, 15) is 8.78 Å². The number of aryl methyl sites for hydroxylation is 1. The largest absolute Gasteiger partial charge is 0.586 e. The van der Waals surface area contributed by atoms with Gasteiger partial charge in [0.05, 0.1) is 11.4 Å². The summed E-state index contributed by atoms with van der Waals surface area (Å²) in [6, 6.07) is 5.06. The number of ether oxygens (including phenoxy) is 2. The number of nitrogens with one attached hydrogen (secondary N) is 1. The number of para-hydroxylation sites is 1. The van der Waals surface area contributed by atoms with E-state index in [1.165, 1.54) is 6.07 Å². The van der Waals surface area contributed by atoms with Crippen LogP contribution in [0, 0.1) is 0 Å². The minimum Gasteiger partial charge on any atom is -0.395 e. The number of benzene rings is 1. The van der Waals surface area contributed by atoms with E-state index >= 15 is 0 Å². The molecule has 1 aromatic heterocycles. The number of aromatic nitrogens is 2. The Labute approximate surface area is 125 Å². The molecule has 0 bridgehead atoms. The van der Waals surface area contributed by atoms with Gasteiger partial charge in [-0.15, -0.1) is 8.78 Å². The highest BCUT2D eigenvalue weighted by Gasteiger charge is 2.45. The third kappa shape index (κ3) is 1.89. The molecule has 3 heterocycles. The van der Waals surface area contributed by atoms with Gasteiger partial charge in [-0.2, -0.15) is 5.10 Å². The summed E-state index contributed by atoms with van der Waals surface area (Å²) < 4.78 is 37.7. The molecule has 4 rings (SSSR count). The maximum absolute atomic E-state index is 13.4. The highest BCUT2D eigenvalue weighted by molar-refractivity contribution is 5.75. The van der Waals surface area contributed by atoms with E-state index in [2.05, 4.69) is 15.2 Å². The van der Waals surface area contributed by atoms with E-state index in [1.54, 1.807) is 16.8 Å². The average Bonchev–Trinajstić information content (AvgIpc) is 2.94. The number of fused-ring (bicyclic) bond motifs is 2. The first-order chi connectivity index (χ1) is 10.5. The molecule has 0 aliphatic carbocycles. The molecule has 0 saturated heterocycles. The molecule has 2 aromatic rings. The van der Waals surface area contributed by atoms with Crippen molar-refractivity contribution in [3.8, 4) is 22.8 Å². The van der Waals surface area contributed by atoms with Crippen molar-refractivity contribution in [2.75, 3.05) is 6.54 Å². The monoisotopic (exact) mass is 307 g/mol. The second kappa shape index (κ2) is 4.42. The van der Waals surface area contributed by atoms with Crippen LogP contribution < -0.4 is 14.8 Å². The van der Waals surface area contributed by atoms with E-state index in [4.69, 9.17) is 4.74 Å². The molecule has 1 N–H and O–H groups in total. The van der Waals surface area contributed by atoms with Gasteiger partial charge in [0.15, 0.2) is 11.5 Å². The third-order valence-corrected chi connectivity index (χ3v) is 4.10. The van der Waals surface area contributed by atoms with Gasteiger partial charge in [-0.1, -0.05) is 6.07 Å². The van der Waals surface area contributed by atoms with Gasteiger partial charge in [-0.05, 0) is 32.0 Å². The molecule has 2 aliphatic heterocycles. The predicted molar refractivity (Wildman–Crippen MR) is 75.0 cm³/mol. The van der Waals surface area contributed by atoms with Crippen LogP contribution in [-0.4, -0.2) is 22.6 Å². The standard InChI is InChI=1S/C15H15F2N3O2/c1-8-12-9(6-7-18-8)13(20(2)19-12)10-4-3-5-11-14(10)22-15(16,17)21-11/h3-5,8,18H,6-7H2,1-2H3. The highest BCUT2D eigenvalue weighted by atomic mass is 19.3. The van der Waals surface area contributed by atoms with Crippen molar-refractivity contribution in [2.45, 2.75) is 25.7 Å². The first-order valence-corrected chi connectivity index (χ1v) is 7.14. The van der Waals surface area contributed by atoms with E-state index in [1.807, 2.05) is 14.0 Å². The fraction of sp³-hybridized carbons (Fsp3) is 0.400. The first kappa shape index (κ1) is 13.5. The number of hydrogen-bond donors (Lipinski definition) is 1. The zero-order chi connectivity index (χ0) is 15.5. The Balaban J connectivity index is 1.91. The third-order valence-electron chi connectivity index (χ3n) is 4.10. The Morgan fingerprint density at radius 1 is 1.36 bits per heavy atom. The Morgan fingerprint density at radius 3 is 3.00 bits per heavy atom. The quantitative estimate of drug-likeness (QED) is 0.880. The van der Waals surface area contributed by atoms with Gasteiger partial charge < -0.3 is 14.8 Å². The Morgan fingerprint density at radius 2 is 2.18 bits per heavy atom. The molecule has 116 valence electrons. The van der Waals surface area contributed by atoms with Crippen molar-refractivity contribution in [3.63, 3.8) is 0 Å². The summed E-state index contributed by atoms with van der Waals surface area (Å²) in [4.78, 5) is 0. The van der Waals surface area contributed by atoms with Gasteiger partial charge in [0.25, 0.3) is 0 Å². The van der Waals surface area contributed by atoms with E-state index in [-0.39, 0.29) is 17.5 Å².